The van der Waals surface area contributed by atoms with Gasteiger partial charge in [0.15, 0.2) is 9.84 Å². The minimum absolute atomic E-state index is 0.0643. The number of carbonyl (C=O) groups is 2. The Morgan fingerprint density at radius 2 is 2.00 bits per heavy atom. The first-order chi connectivity index (χ1) is 11.6. The lowest BCUT2D eigenvalue weighted by molar-refractivity contribution is -0.141. The second-order valence-corrected chi connectivity index (χ2v) is 9.50. The molecular formula is C17H23ClN2O4S. The van der Waals surface area contributed by atoms with E-state index in [4.69, 9.17) is 11.6 Å². The Hall–Kier alpha value is -1.60. The summed E-state index contributed by atoms with van der Waals surface area (Å²) >= 11 is 5.92. The predicted molar refractivity (Wildman–Crippen MR) is 97.1 cm³/mol. The summed E-state index contributed by atoms with van der Waals surface area (Å²) < 4.78 is 22.9. The fourth-order valence-corrected chi connectivity index (χ4v) is 4.50. The first kappa shape index (κ1) is 19.7. The molecule has 1 aromatic carbocycles. The number of benzene rings is 1. The van der Waals surface area contributed by atoms with E-state index in [1.54, 1.807) is 6.07 Å². The average molecular weight is 387 g/mol. The van der Waals surface area contributed by atoms with Crippen molar-refractivity contribution in [2.45, 2.75) is 32.7 Å². The van der Waals surface area contributed by atoms with Gasteiger partial charge in [0.1, 0.15) is 5.41 Å². The van der Waals surface area contributed by atoms with Gasteiger partial charge in [0, 0.05) is 17.6 Å². The zero-order valence-corrected chi connectivity index (χ0v) is 15.9. The molecule has 2 amide bonds. The Labute approximate surface area is 153 Å². The average Bonchev–Trinajstić information content (AvgIpc) is 2.86. The van der Waals surface area contributed by atoms with Crippen molar-refractivity contribution < 1.29 is 18.0 Å². The van der Waals surface area contributed by atoms with Crippen molar-refractivity contribution >= 4 is 33.3 Å². The van der Waals surface area contributed by atoms with Crippen LogP contribution in [0.4, 0.5) is 0 Å². The first-order valence-corrected chi connectivity index (χ1v) is 10.3. The number of nitrogens with one attached hydrogen (secondary N) is 2. The highest BCUT2D eigenvalue weighted by molar-refractivity contribution is 7.91. The predicted octanol–water partition coefficient (Wildman–Crippen LogP) is 1.33. The molecule has 1 heterocycles. The standard InChI is InChI=1S/C17H23ClN2O4S/c1-17(2,16(22)20-14-7-9-25(23,24)11-14)15(21)19-8-6-12-4-3-5-13(18)10-12/h3-5,10,14H,6-9,11H2,1-2H3,(H,19,21)(H,20,22). The van der Waals surface area contributed by atoms with Crippen LogP contribution in [-0.2, 0) is 25.8 Å². The van der Waals surface area contributed by atoms with Gasteiger partial charge >= 0.3 is 0 Å². The van der Waals surface area contributed by atoms with Gasteiger partial charge in [0.05, 0.1) is 11.5 Å². The first-order valence-electron chi connectivity index (χ1n) is 8.14. The molecule has 1 saturated heterocycles. The molecule has 1 aliphatic heterocycles. The molecule has 6 nitrogen and oxygen atoms in total. The molecule has 25 heavy (non-hydrogen) atoms. The molecule has 1 aliphatic rings. The Kier molecular flexibility index (Phi) is 6.11. The number of sulfone groups is 1. The molecule has 2 N–H and O–H groups in total. The second-order valence-electron chi connectivity index (χ2n) is 6.83. The minimum Gasteiger partial charge on any atom is -0.355 e. The SMILES string of the molecule is CC(C)(C(=O)NCCc1cccc(Cl)c1)C(=O)NC1CCS(=O)(=O)C1. The summed E-state index contributed by atoms with van der Waals surface area (Å²) in [6.07, 6.45) is 0.991. The molecule has 0 aromatic heterocycles. The van der Waals surface area contributed by atoms with Crippen molar-refractivity contribution in [1.82, 2.24) is 10.6 Å². The summed E-state index contributed by atoms with van der Waals surface area (Å²) in [7, 11) is -3.08. The van der Waals surface area contributed by atoms with Gasteiger partial charge in [-0.2, -0.15) is 0 Å². The maximum Gasteiger partial charge on any atom is 0.235 e. The van der Waals surface area contributed by atoms with Crippen molar-refractivity contribution in [2.24, 2.45) is 5.41 Å². The summed E-state index contributed by atoms with van der Waals surface area (Å²) in [6, 6.07) is 6.94. The highest BCUT2D eigenvalue weighted by Crippen LogP contribution is 2.19. The third-order valence-corrected chi connectivity index (χ3v) is 6.29. The van der Waals surface area contributed by atoms with Crippen LogP contribution in [0.3, 0.4) is 0 Å². The molecule has 1 unspecified atom stereocenters. The van der Waals surface area contributed by atoms with Crippen LogP contribution in [-0.4, -0.2) is 44.3 Å². The molecule has 0 aliphatic carbocycles. The van der Waals surface area contributed by atoms with Gasteiger partial charge in [0.25, 0.3) is 0 Å². The zero-order valence-electron chi connectivity index (χ0n) is 14.3. The van der Waals surface area contributed by atoms with Crippen LogP contribution >= 0.6 is 11.6 Å². The molecule has 0 saturated carbocycles. The normalized spacial score (nSPS) is 19.4. The summed E-state index contributed by atoms with van der Waals surface area (Å²) in [6.45, 7) is 3.44. The maximum absolute atomic E-state index is 12.4. The van der Waals surface area contributed by atoms with Crippen LogP contribution in [0, 0.1) is 5.41 Å². The van der Waals surface area contributed by atoms with Crippen molar-refractivity contribution in [3.63, 3.8) is 0 Å². The summed E-state index contributed by atoms with van der Waals surface area (Å²) in [5, 5.41) is 6.06. The highest BCUT2D eigenvalue weighted by Gasteiger charge is 2.38. The van der Waals surface area contributed by atoms with Gasteiger partial charge in [-0.15, -0.1) is 0 Å². The van der Waals surface area contributed by atoms with E-state index in [-0.39, 0.29) is 11.5 Å². The van der Waals surface area contributed by atoms with Gasteiger partial charge in [0.2, 0.25) is 11.8 Å². The van der Waals surface area contributed by atoms with Crippen molar-refractivity contribution in [3.05, 3.63) is 34.9 Å². The molecule has 1 fully saturated rings. The molecule has 2 rings (SSSR count). The monoisotopic (exact) mass is 386 g/mol. The van der Waals surface area contributed by atoms with Crippen LogP contribution in [0.5, 0.6) is 0 Å². The highest BCUT2D eigenvalue weighted by atomic mass is 35.5. The fourth-order valence-electron chi connectivity index (χ4n) is 2.61. The minimum atomic E-state index is -3.08. The molecule has 1 aromatic rings. The van der Waals surface area contributed by atoms with Gasteiger partial charge in [-0.05, 0) is 44.4 Å². The van der Waals surface area contributed by atoms with Crippen LogP contribution in [0.15, 0.2) is 24.3 Å². The molecule has 0 spiro atoms. The Bertz CT molecular complexity index is 762. The Morgan fingerprint density at radius 3 is 2.60 bits per heavy atom. The number of carbonyl (C=O) groups excluding carboxylic acids is 2. The summed E-state index contributed by atoms with van der Waals surface area (Å²) in [5.74, 6) is -0.849. The molecule has 0 radical (unpaired) electrons. The second kappa shape index (κ2) is 7.74. The Balaban J connectivity index is 1.85. The van der Waals surface area contributed by atoms with E-state index in [0.717, 1.165) is 5.56 Å². The third kappa shape index (κ3) is 5.44. The van der Waals surface area contributed by atoms with Crippen LogP contribution in [0.2, 0.25) is 5.02 Å². The van der Waals surface area contributed by atoms with Crippen molar-refractivity contribution in [3.8, 4) is 0 Å². The Morgan fingerprint density at radius 1 is 1.28 bits per heavy atom. The van der Waals surface area contributed by atoms with E-state index in [1.807, 2.05) is 18.2 Å². The summed E-state index contributed by atoms with van der Waals surface area (Å²) in [4.78, 5) is 24.7. The van der Waals surface area contributed by atoms with Crippen LogP contribution in [0.25, 0.3) is 0 Å². The molecule has 8 heteroatoms. The van der Waals surface area contributed by atoms with E-state index in [0.29, 0.717) is 24.4 Å². The third-order valence-electron chi connectivity index (χ3n) is 4.29. The van der Waals surface area contributed by atoms with E-state index in [1.165, 1.54) is 13.8 Å². The number of halogens is 1. The molecule has 1 atom stereocenters. The summed E-state index contributed by atoms with van der Waals surface area (Å²) in [5.41, 5.74) is -0.285. The zero-order chi connectivity index (χ0) is 18.7. The number of amides is 2. The smallest absolute Gasteiger partial charge is 0.235 e. The lowest BCUT2D eigenvalue weighted by Gasteiger charge is -2.24. The fraction of sp³-hybridized carbons (Fsp3) is 0.529. The molecular weight excluding hydrogens is 364 g/mol. The topological polar surface area (TPSA) is 92.3 Å². The molecule has 0 bridgehead atoms. The number of hydrogen-bond acceptors (Lipinski definition) is 4. The van der Waals surface area contributed by atoms with Crippen LogP contribution < -0.4 is 10.6 Å². The van der Waals surface area contributed by atoms with Crippen molar-refractivity contribution in [1.29, 1.82) is 0 Å². The van der Waals surface area contributed by atoms with E-state index < -0.39 is 33.1 Å². The van der Waals surface area contributed by atoms with E-state index in [2.05, 4.69) is 10.6 Å². The lowest BCUT2D eigenvalue weighted by atomic mass is 9.90. The van der Waals surface area contributed by atoms with Gasteiger partial charge < -0.3 is 10.6 Å². The lowest BCUT2D eigenvalue weighted by Crippen LogP contribution is -2.51. The number of rotatable bonds is 6. The molecule has 138 valence electrons. The maximum atomic E-state index is 12.4. The number of hydrogen-bond donors (Lipinski definition) is 2. The van der Waals surface area contributed by atoms with E-state index in [9.17, 15) is 18.0 Å². The van der Waals surface area contributed by atoms with E-state index >= 15 is 0 Å². The van der Waals surface area contributed by atoms with Crippen LogP contribution in [0.1, 0.15) is 25.8 Å². The van der Waals surface area contributed by atoms with Gasteiger partial charge in [-0.25, -0.2) is 8.42 Å². The quantitative estimate of drug-likeness (QED) is 0.721. The largest absolute Gasteiger partial charge is 0.355 e. The van der Waals surface area contributed by atoms with Gasteiger partial charge in [-0.3, -0.25) is 9.59 Å². The van der Waals surface area contributed by atoms with Gasteiger partial charge in [-0.1, -0.05) is 23.7 Å². The van der Waals surface area contributed by atoms with Crippen molar-refractivity contribution in [2.75, 3.05) is 18.1 Å².